The summed E-state index contributed by atoms with van der Waals surface area (Å²) in [6, 6.07) is 7.83. The first-order valence-corrected chi connectivity index (χ1v) is 17.7. The second kappa shape index (κ2) is 16.4. The molecule has 0 aromatic heterocycles. The van der Waals surface area contributed by atoms with Gasteiger partial charge in [0.25, 0.3) is 0 Å². The Bertz CT molecular complexity index is 1290. The summed E-state index contributed by atoms with van der Waals surface area (Å²) >= 11 is 3.73. The molecule has 3 aliphatic heterocycles. The minimum atomic E-state index is -1.22. The largest absolute Gasteiger partial charge is 0.455 e. The number of allylic oxidation sites excluding steroid dienone is 1. The number of likely N-dealkylation sites (N-methyl/N-ethyl adjacent to an activating group) is 1. The summed E-state index contributed by atoms with van der Waals surface area (Å²) in [5.74, 6) is -3.09. The van der Waals surface area contributed by atoms with Crippen molar-refractivity contribution < 1.29 is 33.8 Å². The van der Waals surface area contributed by atoms with E-state index in [9.17, 15) is 24.3 Å². The molecule has 10 nitrogen and oxygen atoms in total. The molecule has 0 aliphatic carbocycles. The molecule has 3 fully saturated rings. The average Bonchev–Trinajstić information content (AvgIpc) is 3.66. The number of unbranched alkanes of at least 4 members (excludes halogenated alkanes) is 2. The molecule has 1 aromatic carbocycles. The van der Waals surface area contributed by atoms with Crippen LogP contribution < -0.4 is 0 Å². The fraction of sp³-hybridized carbons (Fsp3) is 0.611. The van der Waals surface area contributed by atoms with Crippen LogP contribution >= 0.6 is 15.9 Å². The smallest absolute Gasteiger partial charge is 0.313 e. The van der Waals surface area contributed by atoms with Gasteiger partial charge < -0.3 is 29.3 Å². The van der Waals surface area contributed by atoms with E-state index in [0.717, 1.165) is 18.4 Å². The molecule has 3 heterocycles. The van der Waals surface area contributed by atoms with Crippen LogP contribution in [0, 0.1) is 11.8 Å². The van der Waals surface area contributed by atoms with Gasteiger partial charge in [-0.25, -0.2) is 0 Å². The summed E-state index contributed by atoms with van der Waals surface area (Å²) < 4.78 is 13.0. The van der Waals surface area contributed by atoms with Crippen molar-refractivity contribution in [1.82, 2.24) is 14.7 Å². The van der Waals surface area contributed by atoms with Gasteiger partial charge in [-0.15, -0.1) is 13.2 Å². The van der Waals surface area contributed by atoms with E-state index in [0.29, 0.717) is 38.8 Å². The van der Waals surface area contributed by atoms with Gasteiger partial charge in [0, 0.05) is 44.5 Å². The second-order valence-electron chi connectivity index (χ2n) is 12.9. The minimum Gasteiger partial charge on any atom is -0.455 e. The van der Waals surface area contributed by atoms with Gasteiger partial charge in [-0.05, 0) is 44.6 Å². The monoisotopic (exact) mass is 715 g/mol. The highest BCUT2D eigenvalue weighted by Crippen LogP contribution is 2.60. The standard InChI is InChI=1S/C36H50BrN3O7/c1-6-9-18-27(42)38(5)24(4)30(25-16-12-11-13-17-25)46-35(45)28-29-33(43)40(21-14-15-22-41)32(36(29)23-26(37)31(28)47-36)34(44)39(19-8-3)20-10-7-2/h6,8,11-13,16-17,24,26,28-32,41H,1,3,7,9-10,14-15,18-23H2,2,4-5H3/t24-,26?,28+,29-,30+,31+,32+,36-/m1/s1. The number of fused-ring (bicyclic) bond motifs is 1. The van der Waals surface area contributed by atoms with E-state index in [1.807, 2.05) is 37.3 Å². The van der Waals surface area contributed by atoms with Crippen molar-refractivity contribution in [1.29, 1.82) is 0 Å². The van der Waals surface area contributed by atoms with E-state index >= 15 is 0 Å². The van der Waals surface area contributed by atoms with Crippen LogP contribution in [0.4, 0.5) is 0 Å². The average molecular weight is 717 g/mol. The van der Waals surface area contributed by atoms with Gasteiger partial charge in [-0.1, -0.05) is 71.8 Å². The lowest BCUT2D eigenvalue weighted by Crippen LogP contribution is -2.57. The number of nitrogens with zero attached hydrogens (tertiary/aromatic N) is 3. The van der Waals surface area contributed by atoms with Crippen LogP contribution in [0.1, 0.15) is 70.5 Å². The maximum atomic E-state index is 14.4. The number of halogens is 1. The fourth-order valence-corrected chi connectivity index (χ4v) is 8.35. The predicted octanol–water partition coefficient (Wildman–Crippen LogP) is 4.42. The molecule has 47 heavy (non-hydrogen) atoms. The number of carbonyl (C=O) groups excluding carboxylic acids is 4. The number of likely N-dealkylation sites (tertiary alicyclic amines) is 1. The molecule has 258 valence electrons. The lowest BCUT2D eigenvalue weighted by molar-refractivity contribution is -0.164. The Labute approximate surface area is 287 Å². The first kappa shape index (κ1) is 36.8. The minimum absolute atomic E-state index is 0.0328. The zero-order valence-corrected chi connectivity index (χ0v) is 29.5. The molecule has 0 saturated carbocycles. The topological polar surface area (TPSA) is 117 Å². The number of carbonyl (C=O) groups is 4. The van der Waals surface area contributed by atoms with Gasteiger partial charge in [0.2, 0.25) is 17.7 Å². The molecular weight excluding hydrogens is 666 g/mol. The zero-order chi connectivity index (χ0) is 34.3. The third-order valence-electron chi connectivity index (χ3n) is 9.92. The number of rotatable bonds is 18. The first-order valence-electron chi connectivity index (χ1n) is 16.8. The van der Waals surface area contributed by atoms with E-state index < -0.39 is 47.7 Å². The molecule has 1 unspecified atom stereocenters. The Morgan fingerprint density at radius 1 is 1.19 bits per heavy atom. The molecule has 3 amide bonds. The van der Waals surface area contributed by atoms with Crippen LogP contribution in [0.5, 0.6) is 0 Å². The number of aliphatic hydroxyl groups is 1. The van der Waals surface area contributed by atoms with Crippen molar-refractivity contribution in [3.05, 3.63) is 61.2 Å². The van der Waals surface area contributed by atoms with Crippen LogP contribution in [-0.2, 0) is 28.7 Å². The summed E-state index contributed by atoms with van der Waals surface area (Å²) in [7, 11) is 1.69. The maximum absolute atomic E-state index is 14.4. The van der Waals surface area contributed by atoms with E-state index in [4.69, 9.17) is 9.47 Å². The summed E-state index contributed by atoms with van der Waals surface area (Å²) in [4.78, 5) is 60.7. The van der Waals surface area contributed by atoms with E-state index in [1.165, 1.54) is 0 Å². The quantitative estimate of drug-likeness (QED) is 0.104. The van der Waals surface area contributed by atoms with Gasteiger partial charge in [0.05, 0.1) is 24.0 Å². The fourth-order valence-electron chi connectivity index (χ4n) is 7.41. The number of aliphatic hydroxyl groups excluding tert-OH is 1. The highest BCUT2D eigenvalue weighted by atomic mass is 79.9. The third kappa shape index (κ3) is 7.37. The van der Waals surface area contributed by atoms with Gasteiger partial charge in [0.15, 0.2) is 0 Å². The Morgan fingerprint density at radius 2 is 1.91 bits per heavy atom. The molecular formula is C36H50BrN3O7. The van der Waals surface area contributed by atoms with Gasteiger partial charge in [0.1, 0.15) is 17.7 Å². The number of hydrogen-bond donors (Lipinski definition) is 1. The highest BCUT2D eigenvalue weighted by molar-refractivity contribution is 9.09. The molecule has 11 heteroatoms. The molecule has 1 N–H and O–H groups in total. The molecule has 1 aromatic rings. The van der Waals surface area contributed by atoms with Gasteiger partial charge in [-0.3, -0.25) is 19.2 Å². The molecule has 3 saturated heterocycles. The van der Waals surface area contributed by atoms with Crippen molar-refractivity contribution in [3.8, 4) is 0 Å². The Balaban J connectivity index is 1.69. The molecule has 8 atom stereocenters. The van der Waals surface area contributed by atoms with Gasteiger partial charge in [-0.2, -0.15) is 0 Å². The highest BCUT2D eigenvalue weighted by Gasteiger charge is 2.77. The van der Waals surface area contributed by atoms with Crippen molar-refractivity contribution in [2.75, 3.05) is 33.3 Å². The van der Waals surface area contributed by atoms with Crippen molar-refractivity contribution in [3.63, 3.8) is 0 Å². The van der Waals surface area contributed by atoms with E-state index in [1.54, 1.807) is 33.9 Å². The number of alkyl halides is 1. The third-order valence-corrected chi connectivity index (χ3v) is 10.8. The molecule has 3 aliphatic rings. The molecule has 2 bridgehead atoms. The molecule has 1 spiro atoms. The lowest BCUT2D eigenvalue weighted by atomic mass is 9.70. The number of amides is 3. The van der Waals surface area contributed by atoms with Crippen LogP contribution in [0.15, 0.2) is 55.6 Å². The van der Waals surface area contributed by atoms with E-state index in [-0.39, 0.29) is 42.1 Å². The van der Waals surface area contributed by atoms with Crippen molar-refractivity contribution >= 4 is 39.6 Å². The summed E-state index contributed by atoms with van der Waals surface area (Å²) in [6.45, 7) is 12.5. The number of benzene rings is 1. The maximum Gasteiger partial charge on any atom is 0.313 e. The van der Waals surface area contributed by atoms with Gasteiger partial charge >= 0.3 is 5.97 Å². The van der Waals surface area contributed by atoms with Crippen molar-refractivity contribution in [2.24, 2.45) is 11.8 Å². The predicted molar refractivity (Wildman–Crippen MR) is 182 cm³/mol. The number of esters is 1. The first-order chi connectivity index (χ1) is 22.6. The SMILES string of the molecule is C=CCCC(=O)N(C)[C@H](C)[C@H](OC(=O)[C@@H]1[C@H]2O[C@@]3(CC2Br)[C@H](C(=O)N(CC=C)CCCC)N(CCCCO)C(=O)[C@@H]13)c1ccccc1. The normalized spacial score (nSPS) is 27.2. The van der Waals surface area contributed by atoms with Crippen LogP contribution in [0.2, 0.25) is 0 Å². The molecule has 4 rings (SSSR count). The number of hydrogen-bond acceptors (Lipinski definition) is 7. The lowest BCUT2D eigenvalue weighted by Gasteiger charge is -2.37. The number of ether oxygens (including phenoxy) is 2. The van der Waals surface area contributed by atoms with Crippen LogP contribution in [-0.4, -0.2) is 105 Å². The Hall–Kier alpha value is -3.02. The van der Waals surface area contributed by atoms with Crippen LogP contribution in [0.25, 0.3) is 0 Å². The summed E-state index contributed by atoms with van der Waals surface area (Å²) in [5.41, 5.74) is -0.495. The Morgan fingerprint density at radius 3 is 2.55 bits per heavy atom. The zero-order valence-electron chi connectivity index (χ0n) is 27.9. The van der Waals surface area contributed by atoms with Crippen molar-refractivity contribution in [2.45, 2.75) is 93.5 Å². The summed E-state index contributed by atoms with van der Waals surface area (Å²) in [5, 5.41) is 9.48. The summed E-state index contributed by atoms with van der Waals surface area (Å²) in [6.07, 6.45) is 5.76. The second-order valence-corrected chi connectivity index (χ2v) is 14.1. The Kier molecular flexibility index (Phi) is 12.8. The van der Waals surface area contributed by atoms with Crippen LogP contribution in [0.3, 0.4) is 0 Å². The molecule has 0 radical (unpaired) electrons. The van der Waals surface area contributed by atoms with E-state index in [2.05, 4.69) is 36.0 Å².